The van der Waals surface area contributed by atoms with E-state index in [4.69, 9.17) is 10.5 Å². The minimum atomic E-state index is -0.714. The molecule has 6 N–H and O–H groups in total. The lowest BCUT2D eigenvalue weighted by atomic mass is 10.1. The summed E-state index contributed by atoms with van der Waals surface area (Å²) in [5.74, 6) is 1.41. The first kappa shape index (κ1) is 23.9. The number of benzene rings is 2. The molecule has 2 aromatic heterocycles. The molecule has 3 amide bonds. The number of carbonyl (C=O) groups excluding carboxylic acids is 2. The van der Waals surface area contributed by atoms with Gasteiger partial charge in [0.2, 0.25) is 11.9 Å². The van der Waals surface area contributed by atoms with Gasteiger partial charge < -0.3 is 31.3 Å². The Morgan fingerprint density at radius 2 is 1.72 bits per heavy atom. The lowest BCUT2D eigenvalue weighted by molar-refractivity contribution is 0.0827. The van der Waals surface area contributed by atoms with Crippen LogP contribution < -0.4 is 26.4 Å². The van der Waals surface area contributed by atoms with E-state index in [-0.39, 0.29) is 17.8 Å². The molecule has 0 aliphatic heterocycles. The largest absolute Gasteiger partial charge is 0.495 e. The number of carbonyl (C=O) groups is 2. The summed E-state index contributed by atoms with van der Waals surface area (Å²) < 4.78 is 5.22. The van der Waals surface area contributed by atoms with Gasteiger partial charge in [0.1, 0.15) is 12.1 Å². The Hall–Kier alpha value is -5.20. The second-order valence-corrected chi connectivity index (χ2v) is 7.73. The maximum Gasteiger partial charge on any atom is 0.316 e. The fourth-order valence-corrected chi connectivity index (χ4v) is 3.26. The third-order valence-electron chi connectivity index (χ3n) is 4.95. The summed E-state index contributed by atoms with van der Waals surface area (Å²) in [7, 11) is 4.90. The highest BCUT2D eigenvalue weighted by atomic mass is 16.5. The van der Waals surface area contributed by atoms with Crippen LogP contribution in [0.5, 0.6) is 5.75 Å². The Labute approximate surface area is 206 Å². The molecule has 184 valence electrons. The van der Waals surface area contributed by atoms with E-state index in [2.05, 4.69) is 41.1 Å². The van der Waals surface area contributed by atoms with E-state index < -0.39 is 6.03 Å². The van der Waals surface area contributed by atoms with Crippen LogP contribution in [-0.2, 0) is 0 Å². The monoisotopic (exact) mass is 488 g/mol. The molecule has 0 saturated heterocycles. The third kappa shape index (κ3) is 5.64. The summed E-state index contributed by atoms with van der Waals surface area (Å²) in [4.78, 5) is 37.4. The van der Waals surface area contributed by atoms with Crippen molar-refractivity contribution in [1.82, 2.24) is 30.0 Å². The molecule has 2 heterocycles. The number of ether oxygens (including phenoxy) is 1. The number of amides is 3. The molecular formula is C23H24N10O3. The molecule has 0 bridgehead atoms. The van der Waals surface area contributed by atoms with Crippen LogP contribution in [0.4, 0.5) is 33.9 Å². The lowest BCUT2D eigenvalue weighted by Gasteiger charge is -2.11. The van der Waals surface area contributed by atoms with E-state index in [1.807, 2.05) is 12.1 Å². The zero-order valence-corrected chi connectivity index (χ0v) is 19.7. The van der Waals surface area contributed by atoms with Gasteiger partial charge in [0.15, 0.2) is 5.82 Å². The van der Waals surface area contributed by atoms with Gasteiger partial charge in [-0.3, -0.25) is 9.89 Å². The van der Waals surface area contributed by atoms with E-state index in [1.165, 1.54) is 18.3 Å². The van der Waals surface area contributed by atoms with Gasteiger partial charge in [0.25, 0.3) is 5.91 Å². The summed E-state index contributed by atoms with van der Waals surface area (Å²) in [6, 6.07) is 13.3. The number of H-pyrrole nitrogens is 1. The van der Waals surface area contributed by atoms with E-state index in [0.29, 0.717) is 28.5 Å². The number of aromatic nitrogens is 5. The van der Waals surface area contributed by atoms with E-state index in [9.17, 15) is 9.59 Å². The second kappa shape index (κ2) is 10.4. The minimum Gasteiger partial charge on any atom is -0.495 e. The van der Waals surface area contributed by atoms with Crippen molar-refractivity contribution in [2.24, 2.45) is 5.73 Å². The number of hydrogen-bond donors (Lipinski definition) is 5. The van der Waals surface area contributed by atoms with Crippen LogP contribution in [0.25, 0.3) is 11.3 Å². The predicted octanol–water partition coefficient (Wildman–Crippen LogP) is 2.95. The molecule has 0 unspecified atom stereocenters. The fourth-order valence-electron chi connectivity index (χ4n) is 3.26. The number of methoxy groups -OCH3 is 1. The highest BCUT2D eigenvalue weighted by Crippen LogP contribution is 2.29. The van der Waals surface area contributed by atoms with Gasteiger partial charge >= 0.3 is 6.03 Å². The fraction of sp³-hybridized carbons (Fsp3) is 0.130. The van der Waals surface area contributed by atoms with Crippen molar-refractivity contribution in [2.75, 3.05) is 37.2 Å². The number of aromatic amines is 1. The lowest BCUT2D eigenvalue weighted by Crippen LogP contribution is -2.21. The summed E-state index contributed by atoms with van der Waals surface area (Å²) in [6.45, 7) is 0. The molecule has 13 heteroatoms. The van der Waals surface area contributed by atoms with Crippen LogP contribution in [0.1, 0.15) is 10.4 Å². The minimum absolute atomic E-state index is 0.0669. The number of primary amides is 1. The van der Waals surface area contributed by atoms with Gasteiger partial charge in [-0.1, -0.05) is 12.1 Å². The molecule has 36 heavy (non-hydrogen) atoms. The quantitative estimate of drug-likeness (QED) is 0.249. The number of nitrogens with zero attached hydrogens (tertiary/aromatic N) is 5. The highest BCUT2D eigenvalue weighted by molar-refractivity contribution is 5.94. The number of urea groups is 1. The van der Waals surface area contributed by atoms with E-state index in [1.54, 1.807) is 50.5 Å². The van der Waals surface area contributed by atoms with Crippen molar-refractivity contribution in [3.8, 4) is 17.0 Å². The molecule has 4 rings (SSSR count). The molecule has 0 aliphatic carbocycles. The topological polar surface area (TPSA) is 176 Å². The molecule has 0 atom stereocenters. The Bertz CT molecular complexity index is 1390. The van der Waals surface area contributed by atoms with Crippen molar-refractivity contribution in [1.29, 1.82) is 0 Å². The Balaban J connectivity index is 1.46. The normalized spacial score (nSPS) is 10.4. The highest BCUT2D eigenvalue weighted by Gasteiger charge is 2.11. The molecule has 4 aromatic rings. The molecule has 0 spiro atoms. The summed E-state index contributed by atoms with van der Waals surface area (Å²) in [6.07, 6.45) is 1.35. The third-order valence-corrected chi connectivity index (χ3v) is 4.95. The molecular weight excluding hydrogens is 464 g/mol. The van der Waals surface area contributed by atoms with Crippen molar-refractivity contribution < 1.29 is 14.3 Å². The average Bonchev–Trinajstić information content (AvgIpc) is 3.32. The molecule has 13 nitrogen and oxygen atoms in total. The number of rotatable bonds is 8. The van der Waals surface area contributed by atoms with Crippen molar-refractivity contribution in [2.45, 2.75) is 0 Å². The van der Waals surface area contributed by atoms with Crippen LogP contribution in [0.2, 0.25) is 0 Å². The average molecular weight is 489 g/mol. The molecule has 0 saturated carbocycles. The maximum absolute atomic E-state index is 12.1. The summed E-state index contributed by atoms with van der Waals surface area (Å²) in [5, 5.41) is 15.8. The van der Waals surface area contributed by atoms with Crippen LogP contribution >= 0.6 is 0 Å². The molecule has 0 radical (unpaired) electrons. The molecule has 0 aliphatic rings. The SMILES string of the molecule is COc1ccc(Nc2ncnc(Nc3cc(-c4ccc(C(=O)N(C)C)cc4)[nH]n3)n2)cc1NC(N)=O. The van der Waals surface area contributed by atoms with Crippen molar-refractivity contribution in [3.05, 3.63) is 60.4 Å². The number of nitrogens with one attached hydrogen (secondary N) is 4. The predicted molar refractivity (Wildman–Crippen MR) is 135 cm³/mol. The number of anilines is 5. The first-order chi connectivity index (χ1) is 17.3. The standard InChI is InChI=1S/C23H24N10O3/c1-33(2)20(34)14-6-4-13(5-7-14)16-11-19(32-31-16)29-23-26-12-25-22(30-23)27-15-8-9-18(36-3)17(10-15)28-21(24)35/h4-12H,1-3H3,(H3,24,28,35)(H3,25,26,27,29,30,31,32). The molecule has 2 aromatic carbocycles. The zero-order chi connectivity index (χ0) is 25.7. The molecule has 0 fully saturated rings. The smallest absolute Gasteiger partial charge is 0.316 e. The zero-order valence-electron chi connectivity index (χ0n) is 19.7. The maximum atomic E-state index is 12.1. The van der Waals surface area contributed by atoms with Crippen molar-refractivity contribution in [3.63, 3.8) is 0 Å². The first-order valence-electron chi connectivity index (χ1n) is 10.7. The van der Waals surface area contributed by atoms with E-state index >= 15 is 0 Å². The van der Waals surface area contributed by atoms with Gasteiger partial charge in [-0.05, 0) is 35.9 Å². The van der Waals surface area contributed by atoms with Gasteiger partial charge in [0, 0.05) is 31.4 Å². The van der Waals surface area contributed by atoms with Crippen LogP contribution in [0, 0.1) is 0 Å². The van der Waals surface area contributed by atoms with Crippen molar-refractivity contribution >= 4 is 41.0 Å². The Kier molecular flexibility index (Phi) is 6.90. The van der Waals surface area contributed by atoms with Gasteiger partial charge in [0.05, 0.1) is 18.5 Å². The first-order valence-corrected chi connectivity index (χ1v) is 10.7. The van der Waals surface area contributed by atoms with Crippen LogP contribution in [0.3, 0.4) is 0 Å². The van der Waals surface area contributed by atoms with Gasteiger partial charge in [-0.15, -0.1) is 0 Å². The van der Waals surface area contributed by atoms with E-state index in [0.717, 1.165) is 11.3 Å². The number of nitrogens with two attached hydrogens (primary N) is 1. The number of hydrogen-bond acceptors (Lipinski definition) is 9. The second-order valence-electron chi connectivity index (χ2n) is 7.73. The summed E-state index contributed by atoms with van der Waals surface area (Å²) >= 11 is 0. The Morgan fingerprint density at radius 1 is 1.00 bits per heavy atom. The van der Waals surface area contributed by atoms with Gasteiger partial charge in [-0.2, -0.15) is 10.1 Å². The van der Waals surface area contributed by atoms with Crippen LogP contribution in [0.15, 0.2) is 54.9 Å². The summed E-state index contributed by atoms with van der Waals surface area (Å²) in [5.41, 5.74) is 8.42. The van der Waals surface area contributed by atoms with Crippen LogP contribution in [-0.4, -0.2) is 63.2 Å². The Morgan fingerprint density at radius 3 is 2.39 bits per heavy atom. The van der Waals surface area contributed by atoms with Gasteiger partial charge in [-0.25, -0.2) is 14.8 Å².